The lowest BCUT2D eigenvalue weighted by Crippen LogP contribution is -2.62. The zero-order chi connectivity index (χ0) is 56.9. The lowest BCUT2D eigenvalue weighted by atomic mass is 9.83. The number of nitrogens with one attached hydrogen (secondary N) is 4. The number of hydrogen-bond acceptors (Lipinski definition) is 12. The normalized spacial score (nSPS) is 15.9. The summed E-state index contributed by atoms with van der Waals surface area (Å²) in [7, 11) is 1.69. The Hall–Kier alpha value is -7.55. The highest BCUT2D eigenvalue weighted by Gasteiger charge is 2.43. The van der Waals surface area contributed by atoms with E-state index >= 15 is 0 Å². The summed E-state index contributed by atoms with van der Waals surface area (Å²) in [6, 6.07) is 22.3. The number of aromatic amines is 1. The Bertz CT molecular complexity index is 3270. The topological polar surface area (TPSA) is 205 Å². The van der Waals surface area contributed by atoms with Crippen LogP contribution in [0.3, 0.4) is 0 Å². The summed E-state index contributed by atoms with van der Waals surface area (Å²) in [5, 5.41) is 14.5. The second-order valence-electron chi connectivity index (χ2n) is 21.7. The molecule has 0 spiro atoms. The first-order valence-electron chi connectivity index (χ1n) is 27.9. The van der Waals surface area contributed by atoms with Crippen molar-refractivity contribution < 1.29 is 47.3 Å². The summed E-state index contributed by atoms with van der Waals surface area (Å²) in [5.41, 5.74) is 8.69. The molecule has 81 heavy (non-hydrogen) atoms. The van der Waals surface area contributed by atoms with Gasteiger partial charge in [0.2, 0.25) is 23.6 Å². The first-order chi connectivity index (χ1) is 39.2. The van der Waals surface area contributed by atoms with Crippen LogP contribution in [0.15, 0.2) is 116 Å². The number of rotatable bonds is 26. The van der Waals surface area contributed by atoms with E-state index in [2.05, 4.69) is 43.1 Å². The maximum absolute atomic E-state index is 14.7. The molecule has 0 radical (unpaired) electrons. The first-order valence-corrected chi connectivity index (χ1v) is 27.9. The molecule has 3 aromatic carbocycles. The van der Waals surface area contributed by atoms with E-state index < -0.39 is 23.5 Å². The fraction of sp³-hybridized carbons (Fsp3) is 0.419. The van der Waals surface area contributed by atoms with E-state index in [1.807, 2.05) is 92.5 Å². The molecule has 5 heterocycles. The smallest absolute Gasteiger partial charge is 0.249 e. The highest BCUT2D eigenvalue weighted by molar-refractivity contribution is 5.96. The van der Waals surface area contributed by atoms with E-state index in [0.717, 1.165) is 74.8 Å². The Morgan fingerprint density at radius 2 is 1.56 bits per heavy atom. The molecule has 2 aliphatic rings. The Kier molecular flexibility index (Phi) is 19.6. The molecular formula is C62H74FN9O9. The van der Waals surface area contributed by atoms with Crippen molar-refractivity contribution >= 4 is 34.7 Å². The van der Waals surface area contributed by atoms with Crippen LogP contribution in [0.2, 0.25) is 0 Å². The van der Waals surface area contributed by atoms with Gasteiger partial charge >= 0.3 is 0 Å². The molecular weight excluding hydrogens is 1030 g/mol. The first kappa shape index (κ1) is 58.1. The van der Waals surface area contributed by atoms with Gasteiger partial charge in [-0.25, -0.2) is 14.1 Å². The number of benzene rings is 3. The minimum atomic E-state index is -0.884. The summed E-state index contributed by atoms with van der Waals surface area (Å²) in [6.45, 7) is 11.2. The number of ether oxygens (including phenoxy) is 5. The van der Waals surface area contributed by atoms with Crippen molar-refractivity contribution in [1.82, 2.24) is 45.2 Å². The van der Waals surface area contributed by atoms with Gasteiger partial charge in [-0.2, -0.15) is 5.10 Å². The average Bonchev–Trinajstić information content (AvgIpc) is 4.30. The van der Waals surface area contributed by atoms with Gasteiger partial charge in [0.15, 0.2) is 0 Å². The Morgan fingerprint density at radius 3 is 2.31 bits per heavy atom. The molecule has 19 heteroatoms. The molecule has 0 saturated heterocycles. The molecule has 0 unspecified atom stereocenters. The fourth-order valence-electron chi connectivity index (χ4n) is 10.3. The van der Waals surface area contributed by atoms with Crippen LogP contribution >= 0.6 is 0 Å². The fourth-order valence-corrected chi connectivity index (χ4v) is 10.3. The second kappa shape index (κ2) is 27.3. The minimum absolute atomic E-state index is 0.145. The van der Waals surface area contributed by atoms with Crippen LogP contribution in [-0.4, -0.2) is 137 Å². The largest absolute Gasteiger partial charge is 0.491 e. The molecule has 4 N–H and O–H groups in total. The average molecular weight is 1110 g/mol. The molecule has 9 rings (SSSR count). The highest BCUT2D eigenvalue weighted by atomic mass is 19.1. The van der Waals surface area contributed by atoms with Crippen LogP contribution in [0.5, 0.6) is 5.75 Å². The molecule has 4 atom stereocenters. The lowest BCUT2D eigenvalue weighted by molar-refractivity contribution is -0.147. The standard InChI is InChI=1S/C62H74FN9O9/c1-41(64-5)59(74)69-57(62(2,3)4)61(76)71-39-47-31-50(17-16-44(47)33-55(71)60(75)68-54-15-9-12-43-11-6-7-14-51(43)54)81-29-28-80-27-26-79-25-24-78-23-22-77-21-19-56(73)72-40-48(35-67-72)46-32-52-53(36-66-58(52)65-34-46)45-18-20-70(38-45)37-42-10-8-13-49(63)30-42/h6-8,10-11,13-14,16-18,20,30-32,34-36,38,40-41,54-55,57,64H,9,12,15,19,21-29,33,37,39H2,1-5H3,(H,65,66)(H,68,75)(H,69,74)/t41-,54+,55-,57+/m1/s1. The summed E-state index contributed by atoms with van der Waals surface area (Å²) in [6.07, 6.45) is 14.2. The number of halogens is 1. The Morgan fingerprint density at radius 1 is 0.802 bits per heavy atom. The third kappa shape index (κ3) is 15.1. The number of pyridine rings is 1. The maximum atomic E-state index is 14.7. The van der Waals surface area contributed by atoms with Crippen LogP contribution in [0.25, 0.3) is 33.3 Å². The molecule has 0 saturated carbocycles. The molecule has 4 aromatic heterocycles. The van der Waals surface area contributed by atoms with E-state index in [1.54, 1.807) is 43.5 Å². The number of fused-ring (bicyclic) bond motifs is 3. The van der Waals surface area contributed by atoms with E-state index in [-0.39, 0.29) is 55.1 Å². The van der Waals surface area contributed by atoms with Gasteiger partial charge in [-0.1, -0.05) is 63.2 Å². The van der Waals surface area contributed by atoms with E-state index in [9.17, 15) is 23.6 Å². The monoisotopic (exact) mass is 1110 g/mol. The number of hydrogen-bond donors (Lipinski definition) is 4. The Balaban J connectivity index is 0.657. The van der Waals surface area contributed by atoms with Crippen molar-refractivity contribution in [3.63, 3.8) is 0 Å². The van der Waals surface area contributed by atoms with Gasteiger partial charge in [-0.05, 0) is 103 Å². The number of aromatic nitrogens is 5. The number of carbonyl (C=O) groups is 4. The summed E-state index contributed by atoms with van der Waals surface area (Å²) >= 11 is 0. The van der Waals surface area contributed by atoms with E-state index in [4.69, 9.17) is 23.7 Å². The zero-order valence-electron chi connectivity index (χ0n) is 46.9. The molecule has 7 aromatic rings. The van der Waals surface area contributed by atoms with E-state index in [1.165, 1.54) is 22.4 Å². The van der Waals surface area contributed by atoms with Crippen LogP contribution in [0, 0.1) is 11.2 Å². The molecule has 0 bridgehead atoms. The van der Waals surface area contributed by atoms with Gasteiger partial charge in [0.25, 0.3) is 0 Å². The van der Waals surface area contributed by atoms with Gasteiger partial charge in [0.1, 0.15) is 35.9 Å². The number of aryl methyl sites for hydroxylation is 1. The SMILES string of the molecule is CN[C@H](C)C(=O)N[C@@H](C(=O)N1Cc2cc(OCCOCCOCCOCCOCCC(=O)n3cc(-c4cnc5[nH]cc(-c6ccn(Cc7cccc(F)c7)c6)c5c4)cn3)ccc2C[C@@H]1C(=O)N[C@H]1CCCc2ccccc21)C(C)(C)C. The van der Waals surface area contributed by atoms with Gasteiger partial charge in [0.05, 0.1) is 77.6 Å². The number of nitrogens with zero attached hydrogens (tertiary/aromatic N) is 5. The highest BCUT2D eigenvalue weighted by Crippen LogP contribution is 2.35. The molecule has 0 fully saturated rings. The van der Waals surface area contributed by atoms with Crippen molar-refractivity contribution in [3.8, 4) is 28.0 Å². The number of likely N-dealkylation sites (N-methyl/N-ethyl adjacent to an activating group) is 1. The molecule has 428 valence electrons. The van der Waals surface area contributed by atoms with Crippen molar-refractivity contribution in [2.75, 3.05) is 66.5 Å². The van der Waals surface area contributed by atoms with Gasteiger partial charge < -0.3 is 54.1 Å². The van der Waals surface area contributed by atoms with Crippen molar-refractivity contribution in [2.24, 2.45) is 5.41 Å². The minimum Gasteiger partial charge on any atom is -0.491 e. The van der Waals surface area contributed by atoms with Gasteiger partial charge in [-0.15, -0.1) is 0 Å². The summed E-state index contributed by atoms with van der Waals surface area (Å²) < 4.78 is 45.9. The van der Waals surface area contributed by atoms with Crippen LogP contribution in [-0.2, 0) is 59.3 Å². The van der Waals surface area contributed by atoms with Crippen LogP contribution < -0.4 is 20.7 Å². The summed E-state index contributed by atoms with van der Waals surface area (Å²) in [5.74, 6) is -0.675. The van der Waals surface area contributed by atoms with Crippen LogP contribution in [0.4, 0.5) is 4.39 Å². The van der Waals surface area contributed by atoms with Gasteiger partial charge in [-0.3, -0.25) is 19.2 Å². The van der Waals surface area contributed by atoms with Crippen LogP contribution in [0.1, 0.15) is 85.6 Å². The second-order valence-corrected chi connectivity index (χ2v) is 21.7. The molecule has 1 aliphatic heterocycles. The molecule has 3 amide bonds. The third-order valence-corrected chi connectivity index (χ3v) is 14.9. The van der Waals surface area contributed by atoms with Crippen molar-refractivity contribution in [3.05, 3.63) is 150 Å². The van der Waals surface area contributed by atoms with E-state index in [0.29, 0.717) is 71.6 Å². The quantitative estimate of drug-likeness (QED) is 0.0383. The van der Waals surface area contributed by atoms with Crippen molar-refractivity contribution in [2.45, 2.75) is 97.1 Å². The number of H-pyrrole nitrogens is 1. The molecule has 18 nitrogen and oxygen atoms in total. The Labute approximate surface area is 472 Å². The van der Waals surface area contributed by atoms with Crippen molar-refractivity contribution in [1.29, 1.82) is 0 Å². The number of carbonyl (C=O) groups excluding carboxylic acids is 4. The zero-order valence-corrected chi connectivity index (χ0v) is 46.9. The maximum Gasteiger partial charge on any atom is 0.249 e. The number of amides is 3. The third-order valence-electron chi connectivity index (χ3n) is 14.9. The predicted octanol–water partition coefficient (Wildman–Crippen LogP) is 7.84. The summed E-state index contributed by atoms with van der Waals surface area (Å²) in [4.78, 5) is 64.7. The van der Waals surface area contributed by atoms with Gasteiger partial charge in [0, 0.05) is 78.1 Å². The molecule has 1 aliphatic carbocycles. The lowest BCUT2D eigenvalue weighted by Gasteiger charge is -2.41. The predicted molar refractivity (Wildman–Crippen MR) is 305 cm³/mol.